The number of nitrogens with one attached hydrogen (secondary N) is 3. The lowest BCUT2D eigenvalue weighted by molar-refractivity contribution is -0.125. The van der Waals surface area contributed by atoms with E-state index in [0.717, 1.165) is 28.8 Å². The molecule has 0 aliphatic rings. The smallest absolute Gasteiger partial charge is 0.408 e. The van der Waals surface area contributed by atoms with Gasteiger partial charge in [0.25, 0.3) is 0 Å². The second-order valence-corrected chi connectivity index (χ2v) is 12.5. The van der Waals surface area contributed by atoms with Crippen LogP contribution >= 0.6 is 0 Å². The van der Waals surface area contributed by atoms with Crippen LogP contribution in [0.1, 0.15) is 55.3 Å². The molecule has 3 amide bonds. The summed E-state index contributed by atoms with van der Waals surface area (Å²) in [4.78, 5) is 48.0. The number of pyridine rings is 2. The predicted octanol–water partition coefficient (Wildman–Crippen LogP) is 5.31. The molecule has 0 saturated heterocycles. The molecular formula is C39H47N5O6. The number of nitrogens with zero attached hydrogens (tertiary/aromatic N) is 2. The van der Waals surface area contributed by atoms with Crippen molar-refractivity contribution in [3.63, 3.8) is 0 Å². The van der Waals surface area contributed by atoms with E-state index >= 15 is 0 Å². The molecule has 50 heavy (non-hydrogen) atoms. The van der Waals surface area contributed by atoms with Crippen LogP contribution in [-0.4, -0.2) is 57.4 Å². The van der Waals surface area contributed by atoms with Crippen molar-refractivity contribution in [3.05, 3.63) is 131 Å². The molecule has 0 aliphatic heterocycles. The number of carbonyl (C=O) groups is 3. The normalized spacial score (nSPS) is 13.4. The van der Waals surface area contributed by atoms with Gasteiger partial charge in [0.2, 0.25) is 5.91 Å². The molecule has 0 saturated carbocycles. The molecule has 4 aromatic rings. The second-order valence-electron chi connectivity index (χ2n) is 12.5. The van der Waals surface area contributed by atoms with Crippen LogP contribution in [0.3, 0.4) is 0 Å². The van der Waals surface area contributed by atoms with Gasteiger partial charge in [0, 0.05) is 29.7 Å². The molecule has 2 aromatic heterocycles. The third-order valence-corrected chi connectivity index (χ3v) is 8.16. The lowest BCUT2D eigenvalue weighted by Gasteiger charge is -2.30. The van der Waals surface area contributed by atoms with Crippen LogP contribution in [0.4, 0.5) is 9.59 Å². The molecule has 11 heteroatoms. The van der Waals surface area contributed by atoms with Crippen LogP contribution in [0.15, 0.2) is 103 Å². The summed E-state index contributed by atoms with van der Waals surface area (Å²) in [7, 11) is 0. The van der Waals surface area contributed by atoms with Gasteiger partial charge in [-0.15, -0.1) is 0 Å². The molecule has 0 aliphatic carbocycles. The van der Waals surface area contributed by atoms with Crippen LogP contribution in [0.5, 0.6) is 0 Å². The zero-order valence-corrected chi connectivity index (χ0v) is 28.8. The molecule has 0 fully saturated rings. The fourth-order valence-corrected chi connectivity index (χ4v) is 5.46. The molecule has 0 spiro atoms. The SMILES string of the molecule is CCc1cccc(COC(=O)N[C@H](C(=O)N[C@@H](Cc2ccccc2)C[C@H](O)[C@H](Cc2ccccc2)NC(=O)OCc2cccnc2)C(C)C)n1. The molecule has 4 N–H and O–H groups in total. The number of hydrogen-bond acceptors (Lipinski definition) is 8. The maximum atomic E-state index is 13.7. The summed E-state index contributed by atoms with van der Waals surface area (Å²) < 4.78 is 10.8. The summed E-state index contributed by atoms with van der Waals surface area (Å²) in [5.41, 5.74) is 4.09. The van der Waals surface area contributed by atoms with E-state index in [-0.39, 0.29) is 25.6 Å². The van der Waals surface area contributed by atoms with E-state index < -0.39 is 42.3 Å². The highest BCUT2D eigenvalue weighted by Crippen LogP contribution is 2.16. The Morgan fingerprint density at radius 1 is 0.720 bits per heavy atom. The Labute approximate surface area is 293 Å². The second kappa shape index (κ2) is 19.6. The summed E-state index contributed by atoms with van der Waals surface area (Å²) in [6.45, 7) is 5.64. The van der Waals surface area contributed by atoms with Gasteiger partial charge in [-0.3, -0.25) is 14.8 Å². The number of alkyl carbamates (subject to hydrolysis) is 2. The number of rotatable bonds is 17. The molecule has 2 heterocycles. The van der Waals surface area contributed by atoms with Crippen molar-refractivity contribution >= 4 is 18.1 Å². The summed E-state index contributed by atoms with van der Waals surface area (Å²) >= 11 is 0. The number of benzene rings is 2. The number of hydrogen-bond donors (Lipinski definition) is 4. The summed E-state index contributed by atoms with van der Waals surface area (Å²) in [5, 5.41) is 20.2. The Hall–Kier alpha value is -5.29. The van der Waals surface area contributed by atoms with Crippen molar-refractivity contribution in [2.45, 2.75) is 83.9 Å². The zero-order chi connectivity index (χ0) is 35.7. The lowest BCUT2D eigenvalue weighted by atomic mass is 9.93. The third kappa shape index (κ3) is 12.6. The van der Waals surface area contributed by atoms with Crippen LogP contribution in [-0.2, 0) is 46.7 Å². The molecular weight excluding hydrogens is 634 g/mol. The summed E-state index contributed by atoms with van der Waals surface area (Å²) in [6, 6.07) is 26.0. The molecule has 4 rings (SSSR count). The van der Waals surface area contributed by atoms with Gasteiger partial charge in [0.05, 0.1) is 17.8 Å². The Kier molecular flexibility index (Phi) is 14.7. The fraction of sp³-hybridized carbons (Fsp3) is 0.359. The first-order chi connectivity index (χ1) is 24.2. The molecule has 0 bridgehead atoms. The van der Waals surface area contributed by atoms with E-state index in [2.05, 4.69) is 25.9 Å². The average Bonchev–Trinajstić information content (AvgIpc) is 3.13. The topological polar surface area (TPSA) is 152 Å². The van der Waals surface area contributed by atoms with Crippen LogP contribution in [0, 0.1) is 5.92 Å². The minimum absolute atomic E-state index is 0.0220. The van der Waals surface area contributed by atoms with E-state index in [9.17, 15) is 19.5 Å². The van der Waals surface area contributed by atoms with E-state index in [1.165, 1.54) is 0 Å². The molecule has 11 nitrogen and oxygen atoms in total. The first-order valence-electron chi connectivity index (χ1n) is 17.0. The maximum absolute atomic E-state index is 13.7. The predicted molar refractivity (Wildman–Crippen MR) is 190 cm³/mol. The van der Waals surface area contributed by atoms with E-state index in [1.54, 1.807) is 30.6 Å². The Morgan fingerprint density at radius 2 is 1.34 bits per heavy atom. The van der Waals surface area contributed by atoms with Crippen molar-refractivity contribution in [1.82, 2.24) is 25.9 Å². The van der Waals surface area contributed by atoms with E-state index in [1.807, 2.05) is 93.6 Å². The highest BCUT2D eigenvalue weighted by molar-refractivity contribution is 5.86. The van der Waals surface area contributed by atoms with Gasteiger partial charge in [-0.1, -0.05) is 93.6 Å². The maximum Gasteiger partial charge on any atom is 0.408 e. The number of aryl methyl sites for hydroxylation is 1. The van der Waals surface area contributed by atoms with Gasteiger partial charge in [0.1, 0.15) is 19.3 Å². The van der Waals surface area contributed by atoms with Crippen LogP contribution in [0.2, 0.25) is 0 Å². The average molecular weight is 682 g/mol. The number of ether oxygens (including phenoxy) is 2. The largest absolute Gasteiger partial charge is 0.445 e. The van der Waals surface area contributed by atoms with Gasteiger partial charge in [-0.05, 0) is 60.9 Å². The van der Waals surface area contributed by atoms with Crippen molar-refractivity contribution in [3.8, 4) is 0 Å². The van der Waals surface area contributed by atoms with Crippen molar-refractivity contribution in [2.75, 3.05) is 0 Å². The van der Waals surface area contributed by atoms with Crippen molar-refractivity contribution in [2.24, 2.45) is 5.92 Å². The highest BCUT2D eigenvalue weighted by Gasteiger charge is 2.30. The van der Waals surface area contributed by atoms with Crippen LogP contribution in [0.25, 0.3) is 0 Å². The first kappa shape index (κ1) is 37.5. The molecule has 2 aromatic carbocycles. The fourth-order valence-electron chi connectivity index (χ4n) is 5.46. The minimum atomic E-state index is -1.07. The van der Waals surface area contributed by atoms with Gasteiger partial charge in [-0.2, -0.15) is 0 Å². The molecule has 0 radical (unpaired) electrons. The van der Waals surface area contributed by atoms with E-state index in [4.69, 9.17) is 9.47 Å². The number of aliphatic hydroxyl groups is 1. The van der Waals surface area contributed by atoms with Gasteiger partial charge in [-0.25, -0.2) is 9.59 Å². The van der Waals surface area contributed by atoms with Crippen molar-refractivity contribution < 1.29 is 29.0 Å². The number of aliphatic hydroxyl groups excluding tert-OH is 1. The molecule has 4 atom stereocenters. The Morgan fingerprint density at radius 3 is 1.98 bits per heavy atom. The Bertz CT molecular complexity index is 1620. The highest BCUT2D eigenvalue weighted by atomic mass is 16.6. The Balaban J connectivity index is 1.45. The first-order valence-corrected chi connectivity index (χ1v) is 17.0. The monoisotopic (exact) mass is 681 g/mol. The number of carbonyl (C=O) groups excluding carboxylic acids is 3. The number of aromatic nitrogens is 2. The van der Waals surface area contributed by atoms with E-state index in [0.29, 0.717) is 18.5 Å². The van der Waals surface area contributed by atoms with Crippen molar-refractivity contribution in [1.29, 1.82) is 0 Å². The lowest BCUT2D eigenvalue weighted by Crippen LogP contribution is -2.54. The van der Waals surface area contributed by atoms with Gasteiger partial charge < -0.3 is 30.5 Å². The molecule has 0 unspecified atom stereocenters. The van der Waals surface area contributed by atoms with Crippen LogP contribution < -0.4 is 16.0 Å². The molecule has 264 valence electrons. The van der Waals surface area contributed by atoms with Gasteiger partial charge in [0.15, 0.2) is 0 Å². The quantitative estimate of drug-likeness (QED) is 0.117. The third-order valence-electron chi connectivity index (χ3n) is 8.16. The summed E-state index contributed by atoms with van der Waals surface area (Å²) in [5.74, 6) is -0.687. The minimum Gasteiger partial charge on any atom is -0.445 e. The zero-order valence-electron chi connectivity index (χ0n) is 28.8. The number of amides is 3. The standard InChI is InChI=1S/C39H47N5O6/c1-4-31-18-11-19-32(41-31)26-50-39(48)44-36(27(2)3)37(46)42-33(21-28-13-7-5-8-14-28)23-35(45)34(22-29-15-9-6-10-16-29)43-38(47)49-25-30-17-12-20-40-24-30/h5-20,24,27,33-36,45H,4,21-23,25-26H2,1-3H3,(H,42,46)(H,43,47)(H,44,48)/t33-,34-,35-,36-/m0/s1. The summed E-state index contributed by atoms with van der Waals surface area (Å²) in [6.07, 6.45) is 2.35. The van der Waals surface area contributed by atoms with Gasteiger partial charge >= 0.3 is 12.2 Å².